The van der Waals surface area contributed by atoms with Gasteiger partial charge in [0.2, 0.25) is 0 Å². The normalized spacial score (nSPS) is 12.4. The summed E-state index contributed by atoms with van der Waals surface area (Å²) in [5, 5.41) is 3.44. The van der Waals surface area contributed by atoms with Crippen molar-refractivity contribution in [3.05, 3.63) is 0 Å². The number of nitrogens with two attached hydrogens (primary N) is 1. The lowest BCUT2D eigenvalue weighted by molar-refractivity contribution is 0.448. The molecule has 2 nitrogen and oxygen atoms in total. The molecule has 0 amide bonds. The maximum atomic E-state index is 5.88. The lowest BCUT2D eigenvalue weighted by Gasteiger charge is -2.18. The average molecular weight is 200 g/mol. The highest BCUT2D eigenvalue weighted by Gasteiger charge is 2.08. The SMILES string of the molecule is CC(C)CCCCNCCC(C)(C)N. The Balaban J connectivity index is 3.07. The van der Waals surface area contributed by atoms with E-state index in [-0.39, 0.29) is 5.54 Å². The van der Waals surface area contributed by atoms with Crippen LogP contribution in [0, 0.1) is 5.92 Å². The van der Waals surface area contributed by atoms with Gasteiger partial charge in [-0.05, 0) is 45.7 Å². The molecule has 0 aromatic heterocycles. The quantitative estimate of drug-likeness (QED) is 0.591. The van der Waals surface area contributed by atoms with Crippen molar-refractivity contribution in [1.29, 1.82) is 0 Å². The monoisotopic (exact) mass is 200 g/mol. The second-order valence-corrected chi connectivity index (χ2v) is 5.38. The summed E-state index contributed by atoms with van der Waals surface area (Å²) in [6, 6.07) is 0. The van der Waals surface area contributed by atoms with E-state index in [9.17, 15) is 0 Å². The van der Waals surface area contributed by atoms with Crippen molar-refractivity contribution < 1.29 is 0 Å². The van der Waals surface area contributed by atoms with E-state index >= 15 is 0 Å². The van der Waals surface area contributed by atoms with Crippen molar-refractivity contribution >= 4 is 0 Å². The Kier molecular flexibility index (Phi) is 7.20. The molecule has 0 bridgehead atoms. The van der Waals surface area contributed by atoms with Crippen LogP contribution in [0.1, 0.15) is 53.4 Å². The Morgan fingerprint density at radius 1 is 1.14 bits per heavy atom. The Morgan fingerprint density at radius 3 is 2.29 bits per heavy atom. The van der Waals surface area contributed by atoms with Crippen molar-refractivity contribution in [2.24, 2.45) is 11.7 Å². The molecule has 0 aliphatic heterocycles. The fourth-order valence-corrected chi connectivity index (χ4v) is 1.34. The molecule has 0 aliphatic rings. The first kappa shape index (κ1) is 13.9. The summed E-state index contributed by atoms with van der Waals surface area (Å²) < 4.78 is 0. The van der Waals surface area contributed by atoms with E-state index in [1.807, 2.05) is 0 Å². The summed E-state index contributed by atoms with van der Waals surface area (Å²) in [5.41, 5.74) is 5.85. The minimum atomic E-state index is -0.0229. The van der Waals surface area contributed by atoms with E-state index in [1.54, 1.807) is 0 Å². The molecular formula is C12H28N2. The van der Waals surface area contributed by atoms with E-state index < -0.39 is 0 Å². The van der Waals surface area contributed by atoms with E-state index in [4.69, 9.17) is 5.73 Å². The zero-order valence-corrected chi connectivity index (χ0v) is 10.4. The minimum Gasteiger partial charge on any atom is -0.326 e. The van der Waals surface area contributed by atoms with Crippen LogP contribution in [0.2, 0.25) is 0 Å². The Hall–Kier alpha value is -0.0800. The number of nitrogens with one attached hydrogen (secondary N) is 1. The van der Waals surface area contributed by atoms with Crippen LogP contribution in [0.15, 0.2) is 0 Å². The summed E-state index contributed by atoms with van der Waals surface area (Å²) in [5.74, 6) is 0.845. The van der Waals surface area contributed by atoms with E-state index in [2.05, 4.69) is 33.0 Å². The fourth-order valence-electron chi connectivity index (χ4n) is 1.34. The van der Waals surface area contributed by atoms with E-state index in [1.165, 1.54) is 19.3 Å². The molecule has 3 N–H and O–H groups in total. The Bertz CT molecular complexity index is 125. The van der Waals surface area contributed by atoms with Gasteiger partial charge in [-0.25, -0.2) is 0 Å². The number of unbranched alkanes of at least 4 members (excludes halogenated alkanes) is 1. The predicted molar refractivity (Wildman–Crippen MR) is 64.4 cm³/mol. The second kappa shape index (κ2) is 7.24. The van der Waals surface area contributed by atoms with Gasteiger partial charge in [-0.2, -0.15) is 0 Å². The van der Waals surface area contributed by atoms with Gasteiger partial charge >= 0.3 is 0 Å². The average Bonchev–Trinajstić information content (AvgIpc) is 2.00. The van der Waals surface area contributed by atoms with Gasteiger partial charge in [0.1, 0.15) is 0 Å². The van der Waals surface area contributed by atoms with Crippen LogP contribution < -0.4 is 11.1 Å². The smallest absolute Gasteiger partial charge is 0.0109 e. The zero-order valence-electron chi connectivity index (χ0n) is 10.4. The van der Waals surface area contributed by atoms with Gasteiger partial charge in [0.05, 0.1) is 0 Å². The van der Waals surface area contributed by atoms with Gasteiger partial charge < -0.3 is 11.1 Å². The van der Waals surface area contributed by atoms with Gasteiger partial charge in [-0.15, -0.1) is 0 Å². The molecule has 0 rings (SSSR count). The van der Waals surface area contributed by atoms with Crippen LogP contribution in [0.3, 0.4) is 0 Å². The van der Waals surface area contributed by atoms with Crippen LogP contribution in [0.5, 0.6) is 0 Å². The second-order valence-electron chi connectivity index (χ2n) is 5.38. The zero-order chi connectivity index (χ0) is 11.0. The minimum absolute atomic E-state index is 0.0229. The molecule has 0 aliphatic carbocycles. The summed E-state index contributed by atoms with van der Waals surface area (Å²) in [6.45, 7) is 10.9. The fraction of sp³-hybridized carbons (Fsp3) is 1.00. The third kappa shape index (κ3) is 11.9. The molecule has 0 spiro atoms. The maximum absolute atomic E-state index is 5.88. The van der Waals surface area contributed by atoms with Crippen molar-refractivity contribution in [1.82, 2.24) is 5.32 Å². The van der Waals surface area contributed by atoms with Gasteiger partial charge in [-0.1, -0.05) is 26.7 Å². The van der Waals surface area contributed by atoms with Crippen LogP contribution in [0.25, 0.3) is 0 Å². The molecule has 0 radical (unpaired) electrons. The summed E-state index contributed by atoms with van der Waals surface area (Å²) in [6.07, 6.45) is 5.04. The lowest BCUT2D eigenvalue weighted by atomic mass is 10.0. The standard InChI is InChI=1S/C12H28N2/c1-11(2)7-5-6-9-14-10-8-12(3,4)13/h11,14H,5-10,13H2,1-4H3. The molecule has 0 aromatic rings. The number of rotatable bonds is 8. The lowest BCUT2D eigenvalue weighted by Crippen LogP contribution is -2.35. The van der Waals surface area contributed by atoms with Gasteiger partial charge in [-0.3, -0.25) is 0 Å². The largest absolute Gasteiger partial charge is 0.326 e. The molecular weight excluding hydrogens is 172 g/mol. The van der Waals surface area contributed by atoms with Gasteiger partial charge in [0, 0.05) is 5.54 Å². The first-order chi connectivity index (χ1) is 6.42. The molecule has 0 saturated carbocycles. The molecule has 14 heavy (non-hydrogen) atoms. The van der Waals surface area contributed by atoms with Crippen molar-refractivity contribution in [3.8, 4) is 0 Å². The third-order valence-corrected chi connectivity index (χ3v) is 2.33. The highest BCUT2D eigenvalue weighted by atomic mass is 14.9. The predicted octanol–water partition coefficient (Wildman–Crippen LogP) is 2.53. The molecule has 0 heterocycles. The first-order valence-electron chi connectivity index (χ1n) is 5.91. The summed E-state index contributed by atoms with van der Waals surface area (Å²) >= 11 is 0. The summed E-state index contributed by atoms with van der Waals surface area (Å²) in [4.78, 5) is 0. The van der Waals surface area contributed by atoms with Crippen LogP contribution in [-0.2, 0) is 0 Å². The van der Waals surface area contributed by atoms with Crippen molar-refractivity contribution in [3.63, 3.8) is 0 Å². The molecule has 0 atom stereocenters. The van der Waals surface area contributed by atoms with Crippen LogP contribution >= 0.6 is 0 Å². The van der Waals surface area contributed by atoms with Gasteiger partial charge in [0.25, 0.3) is 0 Å². The molecule has 0 unspecified atom stereocenters. The van der Waals surface area contributed by atoms with E-state index in [0.29, 0.717) is 0 Å². The van der Waals surface area contributed by atoms with Crippen molar-refractivity contribution in [2.45, 2.75) is 58.9 Å². The molecule has 0 aromatic carbocycles. The van der Waals surface area contributed by atoms with Gasteiger partial charge in [0.15, 0.2) is 0 Å². The molecule has 0 saturated heterocycles. The molecule has 0 fully saturated rings. The van der Waals surface area contributed by atoms with E-state index in [0.717, 1.165) is 25.4 Å². The molecule has 2 heteroatoms. The third-order valence-electron chi connectivity index (χ3n) is 2.33. The topological polar surface area (TPSA) is 38.0 Å². The molecule has 86 valence electrons. The summed E-state index contributed by atoms with van der Waals surface area (Å²) in [7, 11) is 0. The highest BCUT2D eigenvalue weighted by molar-refractivity contribution is 4.72. The maximum Gasteiger partial charge on any atom is 0.0109 e. The van der Waals surface area contributed by atoms with Crippen molar-refractivity contribution in [2.75, 3.05) is 13.1 Å². The van der Waals surface area contributed by atoms with Crippen LogP contribution in [0.4, 0.5) is 0 Å². The first-order valence-corrected chi connectivity index (χ1v) is 5.91. The number of hydrogen-bond acceptors (Lipinski definition) is 2. The number of hydrogen-bond donors (Lipinski definition) is 2. The highest BCUT2D eigenvalue weighted by Crippen LogP contribution is 2.05. The Morgan fingerprint density at radius 2 is 1.79 bits per heavy atom. The Labute approximate surface area is 89.6 Å². The van der Waals surface area contributed by atoms with Crippen LogP contribution in [-0.4, -0.2) is 18.6 Å².